The van der Waals surface area contributed by atoms with Crippen molar-refractivity contribution in [3.63, 3.8) is 0 Å². The number of ether oxygens (including phenoxy) is 3. The monoisotopic (exact) mass is 376 g/mol. The first kappa shape index (κ1) is 20.0. The molecule has 0 radical (unpaired) electrons. The largest absolute Gasteiger partial charge is 0.539 e. The molecule has 0 fully saturated rings. The van der Waals surface area contributed by atoms with Crippen molar-refractivity contribution in [3.05, 3.63) is 35.5 Å². The highest BCUT2D eigenvalue weighted by Gasteiger charge is 2.26. The van der Waals surface area contributed by atoms with Gasteiger partial charge in [0.15, 0.2) is 11.5 Å². The van der Waals surface area contributed by atoms with Gasteiger partial charge in [-0.3, -0.25) is 0 Å². The van der Waals surface area contributed by atoms with Crippen LogP contribution in [0, 0.1) is 0 Å². The Kier molecular flexibility index (Phi) is 6.93. The number of esters is 2. The lowest BCUT2D eigenvalue weighted by atomic mass is 10.2. The molecule has 0 aliphatic rings. The maximum atomic E-state index is 12.1. The van der Waals surface area contributed by atoms with Gasteiger partial charge in [0.1, 0.15) is 5.75 Å². The van der Waals surface area contributed by atoms with Crippen molar-refractivity contribution in [3.8, 4) is 17.4 Å². The smallest absolute Gasteiger partial charge is 0.345 e. The van der Waals surface area contributed by atoms with E-state index >= 15 is 0 Å². The summed E-state index contributed by atoms with van der Waals surface area (Å²) in [5, 5.41) is 15.7. The summed E-state index contributed by atoms with van der Waals surface area (Å²) >= 11 is 0. The van der Waals surface area contributed by atoms with Crippen molar-refractivity contribution in [2.24, 2.45) is 0 Å². The lowest BCUT2D eigenvalue weighted by molar-refractivity contribution is -0.672. The number of hydrogen-bond acceptors (Lipinski definition) is 8. The van der Waals surface area contributed by atoms with Crippen LogP contribution in [-0.4, -0.2) is 37.0 Å². The highest BCUT2D eigenvalue weighted by atomic mass is 16.6. The van der Waals surface area contributed by atoms with Gasteiger partial charge in [-0.25, -0.2) is 9.59 Å². The first-order valence-corrected chi connectivity index (χ1v) is 8.39. The third-order valence-electron chi connectivity index (χ3n) is 3.31. The Morgan fingerprint density at radius 2 is 1.67 bits per heavy atom. The molecule has 0 bridgehead atoms. The van der Waals surface area contributed by atoms with Crippen LogP contribution < -0.4 is 14.5 Å². The van der Waals surface area contributed by atoms with Crippen LogP contribution in [-0.2, 0) is 19.1 Å². The molecular weight excluding hydrogens is 356 g/mol. The molecule has 0 unspecified atom stereocenters. The molecule has 2 aromatic rings. The van der Waals surface area contributed by atoms with E-state index in [0.717, 1.165) is 10.8 Å². The minimum absolute atomic E-state index is 0.0579. The molecule has 9 nitrogen and oxygen atoms in total. The number of nitrogens with zero attached hydrogens (tertiary/aromatic N) is 2. The Morgan fingerprint density at radius 1 is 1.07 bits per heavy atom. The quantitative estimate of drug-likeness (QED) is 0.220. The summed E-state index contributed by atoms with van der Waals surface area (Å²) in [4.78, 5) is 24.2. The molecule has 2 rings (SSSR count). The average Bonchev–Trinajstić information content (AvgIpc) is 3.01. The van der Waals surface area contributed by atoms with Crippen LogP contribution in [0.25, 0.3) is 11.8 Å². The van der Waals surface area contributed by atoms with Crippen molar-refractivity contribution >= 4 is 18.0 Å². The molecule has 0 aliphatic heterocycles. The molecule has 0 spiro atoms. The molecule has 0 aliphatic carbocycles. The summed E-state index contributed by atoms with van der Waals surface area (Å²) in [6.07, 6.45) is 1.05. The van der Waals surface area contributed by atoms with E-state index in [2.05, 4.69) is 9.79 Å². The van der Waals surface area contributed by atoms with Crippen molar-refractivity contribution in [2.75, 3.05) is 19.8 Å². The van der Waals surface area contributed by atoms with Crippen LogP contribution in [0.15, 0.2) is 34.4 Å². The fourth-order valence-electron chi connectivity index (χ4n) is 2.17. The number of carbonyl (C=O) groups excluding carboxylic acids is 2. The summed E-state index contributed by atoms with van der Waals surface area (Å²) < 4.78 is 20.9. The Hall–Kier alpha value is -3.36. The Balaban J connectivity index is 2.46. The standard InChI is InChI=1S/C18H20N2O7/c1-4-24-13-9-7-12(8-10-13)20-15(18(23)27-19-20)11-14(16(21)25-5-2)17(22)26-6-3/h7-11H,4-6H2,1-3H3. The van der Waals surface area contributed by atoms with Gasteiger partial charge < -0.3 is 23.8 Å². The molecule has 9 heteroatoms. The highest BCUT2D eigenvalue weighted by Crippen LogP contribution is 2.18. The molecule has 0 atom stereocenters. The zero-order valence-corrected chi connectivity index (χ0v) is 15.3. The zero-order chi connectivity index (χ0) is 19.8. The molecule has 144 valence electrons. The predicted octanol–water partition coefficient (Wildman–Crippen LogP) is 0.933. The second-order valence-electron chi connectivity index (χ2n) is 5.08. The van der Waals surface area contributed by atoms with Gasteiger partial charge in [0.25, 0.3) is 5.69 Å². The number of benzene rings is 1. The minimum atomic E-state index is -0.908. The second kappa shape index (κ2) is 9.37. The van der Waals surface area contributed by atoms with Crippen molar-refractivity contribution in [1.82, 2.24) is 5.27 Å². The van der Waals surface area contributed by atoms with Crippen LogP contribution in [0.5, 0.6) is 11.7 Å². The van der Waals surface area contributed by atoms with E-state index < -0.39 is 23.5 Å². The van der Waals surface area contributed by atoms with Crippen molar-refractivity contribution < 1.29 is 38.1 Å². The van der Waals surface area contributed by atoms with Gasteiger partial charge in [0, 0.05) is 18.2 Å². The first-order chi connectivity index (χ1) is 13.0. The number of hydrogen-bond donors (Lipinski definition) is 0. The Morgan fingerprint density at radius 3 is 2.19 bits per heavy atom. The molecule has 0 amide bonds. The van der Waals surface area contributed by atoms with Crippen LogP contribution in [0.2, 0.25) is 0 Å². The summed E-state index contributed by atoms with van der Waals surface area (Å²) in [7, 11) is 0. The normalized spacial score (nSPS) is 10.2. The zero-order valence-electron chi connectivity index (χ0n) is 15.3. The molecule has 27 heavy (non-hydrogen) atoms. The van der Waals surface area contributed by atoms with E-state index in [0.29, 0.717) is 18.0 Å². The van der Waals surface area contributed by atoms with Crippen molar-refractivity contribution in [2.45, 2.75) is 20.8 Å². The maximum Gasteiger partial charge on any atom is 0.345 e. The molecule has 1 aromatic carbocycles. The molecule has 1 aromatic heterocycles. The van der Waals surface area contributed by atoms with E-state index in [1.165, 1.54) is 0 Å². The highest BCUT2D eigenvalue weighted by molar-refractivity contribution is 6.17. The van der Waals surface area contributed by atoms with Crippen LogP contribution in [0.3, 0.4) is 0 Å². The SMILES string of the molecule is CCOC(=O)C(=Cc1c([O-])on[n+]1-c1ccc(OCC)cc1)C(=O)OCC. The second-order valence-corrected chi connectivity index (χ2v) is 5.08. The Bertz CT molecular complexity index is 805. The maximum absolute atomic E-state index is 12.1. The summed E-state index contributed by atoms with van der Waals surface area (Å²) in [5.74, 6) is -2.00. The fourth-order valence-corrected chi connectivity index (χ4v) is 2.17. The number of aromatic nitrogens is 2. The van der Waals surface area contributed by atoms with Crippen molar-refractivity contribution in [1.29, 1.82) is 0 Å². The third kappa shape index (κ3) is 4.84. The summed E-state index contributed by atoms with van der Waals surface area (Å²) in [5.41, 5.74) is -0.0865. The molecular formula is C18H20N2O7. The third-order valence-corrected chi connectivity index (χ3v) is 3.31. The van der Waals surface area contributed by atoms with Gasteiger partial charge in [-0.1, -0.05) is 0 Å². The first-order valence-electron chi connectivity index (χ1n) is 8.39. The molecule has 0 saturated carbocycles. The lowest BCUT2D eigenvalue weighted by Crippen LogP contribution is -2.35. The molecule has 1 heterocycles. The van der Waals surface area contributed by atoms with Gasteiger partial charge in [-0.15, -0.1) is 0 Å². The molecule has 0 saturated heterocycles. The van der Waals surface area contributed by atoms with Gasteiger partial charge >= 0.3 is 11.9 Å². The van der Waals surface area contributed by atoms with E-state index in [1.54, 1.807) is 38.1 Å². The van der Waals surface area contributed by atoms with Gasteiger partial charge in [0.05, 0.1) is 25.1 Å². The summed E-state index contributed by atoms with van der Waals surface area (Å²) in [6, 6.07) is 6.68. The van der Waals surface area contributed by atoms with E-state index in [1.807, 2.05) is 6.92 Å². The van der Waals surface area contributed by atoms with E-state index in [4.69, 9.17) is 14.2 Å². The predicted molar refractivity (Wildman–Crippen MR) is 89.9 cm³/mol. The van der Waals surface area contributed by atoms with Gasteiger partial charge in [0.2, 0.25) is 5.69 Å². The number of carbonyl (C=O) groups is 2. The molecule has 0 N–H and O–H groups in total. The van der Waals surface area contributed by atoms with E-state index in [9.17, 15) is 14.7 Å². The number of rotatable bonds is 8. The van der Waals surface area contributed by atoms with Gasteiger partial charge in [-0.2, -0.15) is 0 Å². The fraction of sp³-hybridized carbons (Fsp3) is 0.333. The van der Waals surface area contributed by atoms with Crippen LogP contribution in [0.1, 0.15) is 26.5 Å². The van der Waals surface area contributed by atoms with E-state index in [-0.39, 0.29) is 18.9 Å². The van der Waals surface area contributed by atoms with Crippen LogP contribution >= 0.6 is 0 Å². The summed E-state index contributed by atoms with van der Waals surface area (Å²) in [6.45, 7) is 5.68. The minimum Gasteiger partial charge on any atom is -0.539 e. The lowest BCUT2D eigenvalue weighted by Gasteiger charge is -2.05. The van der Waals surface area contributed by atoms with Gasteiger partial charge in [-0.05, 0) is 37.6 Å². The average molecular weight is 376 g/mol. The Labute approximate surface area is 155 Å². The topological polar surface area (TPSA) is 115 Å². The van der Waals surface area contributed by atoms with Crippen LogP contribution in [0.4, 0.5) is 0 Å².